The SMILES string of the molecule is COCCN1C(=O)/C(=C/c2cc(Br)ccc2OCc2ccc(Cl)cc2)SC1=S. The van der Waals surface area contributed by atoms with E-state index < -0.39 is 0 Å². The Labute approximate surface area is 187 Å². The van der Waals surface area contributed by atoms with Crippen LogP contribution in [0.25, 0.3) is 6.08 Å². The highest BCUT2D eigenvalue weighted by Gasteiger charge is 2.31. The summed E-state index contributed by atoms with van der Waals surface area (Å²) in [6.45, 7) is 1.28. The van der Waals surface area contributed by atoms with Crippen LogP contribution in [-0.4, -0.2) is 35.4 Å². The number of halogens is 2. The van der Waals surface area contributed by atoms with E-state index in [2.05, 4.69) is 15.9 Å². The van der Waals surface area contributed by atoms with Crippen LogP contribution in [0.1, 0.15) is 11.1 Å². The molecule has 0 atom stereocenters. The standard InChI is InChI=1S/C20H17BrClNO3S2/c1-25-9-8-23-19(24)18(28-20(23)27)11-14-10-15(21)4-7-17(14)26-12-13-2-5-16(22)6-3-13/h2-7,10-11H,8-9,12H2,1H3/b18-11-. The Morgan fingerprint density at radius 1 is 1.25 bits per heavy atom. The van der Waals surface area contributed by atoms with E-state index in [4.69, 9.17) is 33.3 Å². The summed E-state index contributed by atoms with van der Waals surface area (Å²) in [5.74, 6) is 0.566. The van der Waals surface area contributed by atoms with Crippen molar-refractivity contribution in [3.05, 3.63) is 68.0 Å². The van der Waals surface area contributed by atoms with Crippen molar-refractivity contribution < 1.29 is 14.3 Å². The highest BCUT2D eigenvalue weighted by atomic mass is 79.9. The maximum atomic E-state index is 12.7. The molecular formula is C20H17BrClNO3S2. The summed E-state index contributed by atoms with van der Waals surface area (Å²) < 4.78 is 12.5. The van der Waals surface area contributed by atoms with E-state index in [1.807, 2.05) is 48.5 Å². The van der Waals surface area contributed by atoms with Gasteiger partial charge in [-0.15, -0.1) is 0 Å². The molecule has 0 N–H and O–H groups in total. The number of hydrogen-bond acceptors (Lipinski definition) is 5. The van der Waals surface area contributed by atoms with Crippen LogP contribution in [-0.2, 0) is 16.1 Å². The molecule has 3 rings (SSSR count). The Kier molecular flexibility index (Phi) is 7.54. The van der Waals surface area contributed by atoms with Crippen LogP contribution >= 0.6 is 51.5 Å². The van der Waals surface area contributed by atoms with E-state index in [-0.39, 0.29) is 5.91 Å². The lowest BCUT2D eigenvalue weighted by molar-refractivity contribution is -0.122. The number of nitrogens with zero attached hydrogens (tertiary/aromatic N) is 1. The molecular weight excluding hydrogens is 482 g/mol. The number of amides is 1. The minimum atomic E-state index is -0.115. The van der Waals surface area contributed by atoms with Crippen LogP contribution in [0.2, 0.25) is 5.02 Å². The fraction of sp³-hybridized carbons (Fsp3) is 0.200. The smallest absolute Gasteiger partial charge is 0.266 e. The first kappa shape index (κ1) is 21.3. The number of thiocarbonyl (C=S) groups is 1. The minimum Gasteiger partial charge on any atom is -0.488 e. The molecule has 1 aliphatic rings. The Hall–Kier alpha value is -1.38. The van der Waals surface area contributed by atoms with Gasteiger partial charge in [0.25, 0.3) is 5.91 Å². The molecule has 2 aromatic carbocycles. The second kappa shape index (κ2) is 9.89. The van der Waals surface area contributed by atoms with Crippen LogP contribution in [0.3, 0.4) is 0 Å². The molecule has 1 fully saturated rings. The van der Waals surface area contributed by atoms with Crippen molar-refractivity contribution in [3.8, 4) is 5.75 Å². The Morgan fingerprint density at radius 3 is 2.71 bits per heavy atom. The molecule has 0 aromatic heterocycles. The Bertz CT molecular complexity index is 918. The van der Waals surface area contributed by atoms with Crippen LogP contribution in [0.4, 0.5) is 0 Å². The number of rotatable bonds is 7. The van der Waals surface area contributed by atoms with Gasteiger partial charge < -0.3 is 9.47 Å². The van der Waals surface area contributed by atoms with Crippen LogP contribution in [0.15, 0.2) is 51.8 Å². The first-order valence-electron chi connectivity index (χ1n) is 8.39. The highest BCUT2D eigenvalue weighted by Crippen LogP contribution is 2.35. The molecule has 1 heterocycles. The van der Waals surface area contributed by atoms with Crippen molar-refractivity contribution in [2.45, 2.75) is 6.61 Å². The zero-order chi connectivity index (χ0) is 20.1. The average molecular weight is 499 g/mol. The van der Waals surface area contributed by atoms with Crippen LogP contribution in [0, 0.1) is 0 Å². The summed E-state index contributed by atoms with van der Waals surface area (Å²) >= 11 is 16.0. The molecule has 1 amide bonds. The van der Waals surface area contributed by atoms with Gasteiger partial charge >= 0.3 is 0 Å². The first-order chi connectivity index (χ1) is 13.5. The molecule has 8 heteroatoms. The minimum absolute atomic E-state index is 0.115. The molecule has 4 nitrogen and oxygen atoms in total. The predicted molar refractivity (Wildman–Crippen MR) is 122 cm³/mol. The van der Waals surface area contributed by atoms with E-state index in [1.54, 1.807) is 12.0 Å². The van der Waals surface area contributed by atoms with E-state index in [0.29, 0.717) is 39.8 Å². The first-order valence-corrected chi connectivity index (χ1v) is 10.8. The van der Waals surface area contributed by atoms with Gasteiger partial charge in [-0.3, -0.25) is 9.69 Å². The van der Waals surface area contributed by atoms with Gasteiger partial charge in [-0.2, -0.15) is 0 Å². The molecule has 0 unspecified atom stereocenters. The second-order valence-corrected chi connectivity index (χ2v) is 8.95. The maximum Gasteiger partial charge on any atom is 0.266 e. The average Bonchev–Trinajstić information content (AvgIpc) is 2.94. The van der Waals surface area contributed by atoms with Gasteiger partial charge in [0.05, 0.1) is 18.1 Å². The zero-order valence-corrected chi connectivity index (χ0v) is 19.0. The number of thioether (sulfide) groups is 1. The molecule has 0 aliphatic carbocycles. The Balaban J connectivity index is 1.80. The normalized spacial score (nSPS) is 15.5. The quantitative estimate of drug-likeness (QED) is 0.371. The fourth-order valence-electron chi connectivity index (χ4n) is 2.52. The predicted octanol–water partition coefficient (Wildman–Crippen LogP) is 5.53. The summed E-state index contributed by atoms with van der Waals surface area (Å²) in [6, 6.07) is 13.2. The van der Waals surface area contributed by atoms with Gasteiger partial charge in [0, 0.05) is 22.2 Å². The summed E-state index contributed by atoms with van der Waals surface area (Å²) in [5.41, 5.74) is 1.81. The molecule has 0 spiro atoms. The lowest BCUT2D eigenvalue weighted by Crippen LogP contribution is -2.31. The van der Waals surface area contributed by atoms with Crippen molar-refractivity contribution in [1.29, 1.82) is 0 Å². The van der Waals surface area contributed by atoms with Gasteiger partial charge in [0.15, 0.2) is 0 Å². The third-order valence-electron chi connectivity index (χ3n) is 3.96. The fourth-order valence-corrected chi connectivity index (χ4v) is 4.33. The number of carbonyl (C=O) groups excluding carboxylic acids is 1. The Morgan fingerprint density at radius 2 is 2.00 bits per heavy atom. The molecule has 0 saturated carbocycles. The number of methoxy groups -OCH3 is 1. The van der Waals surface area contributed by atoms with Crippen molar-refractivity contribution in [2.24, 2.45) is 0 Å². The lowest BCUT2D eigenvalue weighted by Gasteiger charge is -2.13. The number of hydrogen-bond donors (Lipinski definition) is 0. The van der Waals surface area contributed by atoms with Crippen LogP contribution in [0.5, 0.6) is 5.75 Å². The molecule has 0 radical (unpaired) electrons. The molecule has 2 aromatic rings. The van der Waals surface area contributed by atoms with E-state index in [9.17, 15) is 4.79 Å². The molecule has 1 aliphatic heterocycles. The van der Waals surface area contributed by atoms with Crippen LogP contribution < -0.4 is 4.74 Å². The van der Waals surface area contributed by atoms with Crippen molar-refractivity contribution in [1.82, 2.24) is 4.90 Å². The lowest BCUT2D eigenvalue weighted by atomic mass is 10.1. The van der Waals surface area contributed by atoms with Crippen molar-refractivity contribution >= 4 is 67.8 Å². The third-order valence-corrected chi connectivity index (χ3v) is 6.08. The van der Waals surface area contributed by atoms with Gasteiger partial charge in [-0.1, -0.05) is 63.6 Å². The topological polar surface area (TPSA) is 38.8 Å². The van der Waals surface area contributed by atoms with E-state index >= 15 is 0 Å². The maximum absolute atomic E-state index is 12.7. The number of benzene rings is 2. The van der Waals surface area contributed by atoms with Crippen molar-refractivity contribution in [3.63, 3.8) is 0 Å². The van der Waals surface area contributed by atoms with Gasteiger partial charge in [0.2, 0.25) is 0 Å². The van der Waals surface area contributed by atoms with Gasteiger partial charge in [-0.25, -0.2) is 0 Å². The molecule has 28 heavy (non-hydrogen) atoms. The third kappa shape index (κ3) is 5.36. The molecule has 0 bridgehead atoms. The highest BCUT2D eigenvalue weighted by molar-refractivity contribution is 9.10. The summed E-state index contributed by atoms with van der Waals surface area (Å²) in [7, 11) is 1.60. The summed E-state index contributed by atoms with van der Waals surface area (Å²) in [4.78, 5) is 14.8. The number of carbonyl (C=O) groups is 1. The van der Waals surface area contributed by atoms with Gasteiger partial charge in [0.1, 0.15) is 16.7 Å². The molecule has 1 saturated heterocycles. The van der Waals surface area contributed by atoms with Crippen molar-refractivity contribution in [2.75, 3.05) is 20.3 Å². The van der Waals surface area contributed by atoms with Gasteiger partial charge in [-0.05, 0) is 42.0 Å². The second-order valence-electron chi connectivity index (χ2n) is 5.92. The molecule has 146 valence electrons. The monoisotopic (exact) mass is 497 g/mol. The van der Waals surface area contributed by atoms with E-state index in [0.717, 1.165) is 15.6 Å². The van der Waals surface area contributed by atoms with E-state index in [1.165, 1.54) is 11.8 Å². The number of ether oxygens (including phenoxy) is 2. The summed E-state index contributed by atoms with van der Waals surface area (Å²) in [5, 5.41) is 0.684. The summed E-state index contributed by atoms with van der Waals surface area (Å²) in [6.07, 6.45) is 1.81. The largest absolute Gasteiger partial charge is 0.488 e. The zero-order valence-electron chi connectivity index (χ0n) is 15.0.